The Hall–Kier alpha value is -2.08. The van der Waals surface area contributed by atoms with Gasteiger partial charge in [0.25, 0.3) is 5.91 Å². The van der Waals surface area contributed by atoms with E-state index in [0.29, 0.717) is 47.7 Å². The number of amides is 2. The average Bonchev–Trinajstić information content (AvgIpc) is 3.28. The molecule has 164 valence electrons. The minimum atomic E-state index is -0.190. The first-order valence-corrected chi connectivity index (χ1v) is 11.6. The van der Waals surface area contributed by atoms with Crippen LogP contribution in [0.25, 0.3) is 0 Å². The highest BCUT2D eigenvalue weighted by Gasteiger charge is 2.37. The molecule has 1 saturated heterocycles. The van der Waals surface area contributed by atoms with E-state index in [-0.39, 0.29) is 17.9 Å². The standard InChI is InChI=1S/C24H27Cl2N3O2/c25-19-8-3-7-18(15-19)24(31)29-13-11-28(12-14-29)22(17-5-1-2-6-17)23(30)27-21-10-4-9-20(26)16-21/h3-4,7-10,15-17,22H,1-2,5-6,11-14H2,(H,27,30). The smallest absolute Gasteiger partial charge is 0.253 e. The van der Waals surface area contributed by atoms with E-state index in [1.807, 2.05) is 17.0 Å². The maximum absolute atomic E-state index is 13.3. The number of piperazine rings is 1. The van der Waals surface area contributed by atoms with Crippen LogP contribution in [0.1, 0.15) is 36.0 Å². The molecule has 7 heteroatoms. The molecule has 0 bridgehead atoms. The van der Waals surface area contributed by atoms with Crippen molar-refractivity contribution in [1.82, 2.24) is 9.80 Å². The van der Waals surface area contributed by atoms with E-state index in [2.05, 4.69) is 10.2 Å². The van der Waals surface area contributed by atoms with Crippen LogP contribution in [0.3, 0.4) is 0 Å². The number of carbonyl (C=O) groups is 2. The number of rotatable bonds is 5. The highest BCUT2D eigenvalue weighted by atomic mass is 35.5. The van der Waals surface area contributed by atoms with Gasteiger partial charge in [-0.1, -0.05) is 48.2 Å². The zero-order valence-corrected chi connectivity index (χ0v) is 18.9. The van der Waals surface area contributed by atoms with Crippen LogP contribution >= 0.6 is 23.2 Å². The zero-order chi connectivity index (χ0) is 21.8. The van der Waals surface area contributed by atoms with Crippen LogP contribution in [0.5, 0.6) is 0 Å². The lowest BCUT2D eigenvalue weighted by Gasteiger charge is -2.40. The lowest BCUT2D eigenvalue weighted by atomic mass is 9.94. The summed E-state index contributed by atoms with van der Waals surface area (Å²) in [6, 6.07) is 14.1. The summed E-state index contributed by atoms with van der Waals surface area (Å²) >= 11 is 12.1. The van der Waals surface area contributed by atoms with E-state index in [9.17, 15) is 9.59 Å². The molecule has 2 aliphatic rings. The fourth-order valence-corrected chi connectivity index (χ4v) is 5.12. The van der Waals surface area contributed by atoms with Gasteiger partial charge in [0.2, 0.25) is 5.91 Å². The topological polar surface area (TPSA) is 52.7 Å². The molecule has 1 aliphatic heterocycles. The Balaban J connectivity index is 1.43. The quantitative estimate of drug-likeness (QED) is 0.687. The molecule has 1 unspecified atom stereocenters. The van der Waals surface area contributed by atoms with E-state index < -0.39 is 0 Å². The largest absolute Gasteiger partial charge is 0.336 e. The average molecular weight is 460 g/mol. The number of anilines is 1. The number of benzene rings is 2. The molecule has 2 amide bonds. The van der Waals surface area contributed by atoms with Crippen LogP contribution < -0.4 is 5.32 Å². The van der Waals surface area contributed by atoms with Crippen molar-refractivity contribution in [2.45, 2.75) is 31.7 Å². The van der Waals surface area contributed by atoms with Gasteiger partial charge in [-0.15, -0.1) is 0 Å². The lowest BCUT2D eigenvalue weighted by Crippen LogP contribution is -2.56. The molecule has 1 N–H and O–H groups in total. The third-order valence-corrected chi connectivity index (χ3v) is 6.74. The number of carbonyl (C=O) groups excluding carboxylic acids is 2. The first-order chi connectivity index (χ1) is 15.0. The summed E-state index contributed by atoms with van der Waals surface area (Å²) in [5.74, 6) is 0.348. The first kappa shape index (κ1) is 22.1. The Kier molecular flexibility index (Phi) is 7.16. The van der Waals surface area contributed by atoms with Gasteiger partial charge in [-0.3, -0.25) is 14.5 Å². The van der Waals surface area contributed by atoms with Crippen LogP contribution in [0.4, 0.5) is 5.69 Å². The van der Waals surface area contributed by atoms with E-state index in [0.717, 1.165) is 18.5 Å². The van der Waals surface area contributed by atoms with Gasteiger partial charge in [0.05, 0.1) is 6.04 Å². The van der Waals surface area contributed by atoms with Crippen molar-refractivity contribution in [2.24, 2.45) is 5.92 Å². The zero-order valence-electron chi connectivity index (χ0n) is 17.4. The van der Waals surface area contributed by atoms with Gasteiger partial charge in [-0.05, 0) is 55.2 Å². The third-order valence-electron chi connectivity index (χ3n) is 6.27. The highest BCUT2D eigenvalue weighted by Crippen LogP contribution is 2.32. The summed E-state index contributed by atoms with van der Waals surface area (Å²) < 4.78 is 0. The molecule has 1 atom stereocenters. The summed E-state index contributed by atoms with van der Waals surface area (Å²) in [5.41, 5.74) is 1.32. The Morgan fingerprint density at radius 3 is 2.19 bits per heavy atom. The number of nitrogens with zero attached hydrogens (tertiary/aromatic N) is 2. The number of halogens is 2. The van der Waals surface area contributed by atoms with Gasteiger partial charge in [-0.25, -0.2) is 0 Å². The van der Waals surface area contributed by atoms with E-state index >= 15 is 0 Å². The fourth-order valence-electron chi connectivity index (χ4n) is 4.74. The normalized spacial score (nSPS) is 18.7. The van der Waals surface area contributed by atoms with Gasteiger partial charge in [0.15, 0.2) is 0 Å². The fraction of sp³-hybridized carbons (Fsp3) is 0.417. The van der Waals surface area contributed by atoms with Crippen LogP contribution in [-0.2, 0) is 4.79 Å². The van der Waals surface area contributed by atoms with Crippen molar-refractivity contribution in [3.05, 3.63) is 64.1 Å². The number of hydrogen-bond acceptors (Lipinski definition) is 3. The van der Waals surface area contributed by atoms with E-state index in [4.69, 9.17) is 23.2 Å². The molecule has 31 heavy (non-hydrogen) atoms. The molecule has 0 spiro atoms. The molecule has 1 saturated carbocycles. The molecule has 1 heterocycles. The van der Waals surface area contributed by atoms with Crippen molar-refractivity contribution >= 4 is 40.7 Å². The van der Waals surface area contributed by atoms with Crippen molar-refractivity contribution < 1.29 is 9.59 Å². The Morgan fingerprint density at radius 2 is 1.55 bits per heavy atom. The number of nitrogens with one attached hydrogen (secondary N) is 1. The highest BCUT2D eigenvalue weighted by molar-refractivity contribution is 6.31. The molecule has 2 aromatic carbocycles. The summed E-state index contributed by atoms with van der Waals surface area (Å²) in [6.07, 6.45) is 4.46. The second kappa shape index (κ2) is 10.0. The SMILES string of the molecule is O=C(Nc1cccc(Cl)c1)C(C1CCCC1)N1CCN(C(=O)c2cccc(Cl)c2)CC1. The van der Waals surface area contributed by atoms with Crippen molar-refractivity contribution in [1.29, 1.82) is 0 Å². The first-order valence-electron chi connectivity index (χ1n) is 10.9. The molecule has 4 rings (SSSR count). The second-order valence-corrected chi connectivity index (χ2v) is 9.20. The Bertz CT molecular complexity index is 938. The van der Waals surface area contributed by atoms with Crippen LogP contribution in [0.15, 0.2) is 48.5 Å². The third kappa shape index (κ3) is 5.40. The molecule has 2 aromatic rings. The minimum absolute atomic E-state index is 0.0112. The Morgan fingerprint density at radius 1 is 0.903 bits per heavy atom. The van der Waals surface area contributed by atoms with Crippen molar-refractivity contribution in [2.75, 3.05) is 31.5 Å². The van der Waals surface area contributed by atoms with Gasteiger partial charge in [-0.2, -0.15) is 0 Å². The summed E-state index contributed by atoms with van der Waals surface area (Å²) in [7, 11) is 0. The maximum atomic E-state index is 13.3. The molecule has 0 aromatic heterocycles. The van der Waals surface area contributed by atoms with E-state index in [1.165, 1.54) is 12.8 Å². The lowest BCUT2D eigenvalue weighted by molar-refractivity contribution is -0.123. The summed E-state index contributed by atoms with van der Waals surface area (Å²) in [5, 5.41) is 4.22. The van der Waals surface area contributed by atoms with Crippen LogP contribution in [0.2, 0.25) is 10.0 Å². The monoisotopic (exact) mass is 459 g/mol. The van der Waals surface area contributed by atoms with Crippen LogP contribution in [-0.4, -0.2) is 53.8 Å². The second-order valence-electron chi connectivity index (χ2n) is 8.33. The molecular weight excluding hydrogens is 433 g/mol. The predicted octanol–water partition coefficient (Wildman–Crippen LogP) is 4.95. The van der Waals surface area contributed by atoms with Gasteiger partial charge in [0.1, 0.15) is 0 Å². The molecule has 1 aliphatic carbocycles. The minimum Gasteiger partial charge on any atom is -0.336 e. The molecular formula is C24H27Cl2N3O2. The van der Waals surface area contributed by atoms with Crippen molar-refractivity contribution in [3.8, 4) is 0 Å². The predicted molar refractivity (Wildman–Crippen MR) is 125 cm³/mol. The van der Waals surface area contributed by atoms with Crippen LogP contribution in [0, 0.1) is 5.92 Å². The van der Waals surface area contributed by atoms with Gasteiger partial charge < -0.3 is 10.2 Å². The van der Waals surface area contributed by atoms with Crippen molar-refractivity contribution in [3.63, 3.8) is 0 Å². The van der Waals surface area contributed by atoms with E-state index in [1.54, 1.807) is 36.4 Å². The van der Waals surface area contributed by atoms with Gasteiger partial charge >= 0.3 is 0 Å². The molecule has 5 nitrogen and oxygen atoms in total. The summed E-state index contributed by atoms with van der Waals surface area (Å²) in [6.45, 7) is 2.55. The Labute approximate surface area is 193 Å². The molecule has 0 radical (unpaired) electrons. The molecule has 2 fully saturated rings. The number of hydrogen-bond donors (Lipinski definition) is 1. The maximum Gasteiger partial charge on any atom is 0.253 e. The summed E-state index contributed by atoms with van der Waals surface area (Å²) in [4.78, 5) is 30.2. The van der Waals surface area contributed by atoms with Gasteiger partial charge in [0, 0.05) is 47.5 Å².